The van der Waals surface area contributed by atoms with E-state index in [1.807, 2.05) is 13.8 Å². The third kappa shape index (κ3) is 1.87. The third-order valence-corrected chi connectivity index (χ3v) is 2.28. The average molecular weight is 218 g/mol. The van der Waals surface area contributed by atoms with Crippen LogP contribution >= 0.6 is 11.6 Å². The van der Waals surface area contributed by atoms with Crippen LogP contribution in [0.3, 0.4) is 0 Å². The Bertz CT molecular complexity index is 349. The van der Waals surface area contributed by atoms with Gasteiger partial charge in [-0.1, -0.05) is 24.9 Å². The summed E-state index contributed by atoms with van der Waals surface area (Å²) in [6, 6.07) is 0. The first kappa shape index (κ1) is 11.0. The topological polar surface area (TPSA) is 61.0 Å². The maximum Gasteiger partial charge on any atom is 0.329 e. The maximum absolute atomic E-state index is 10.7. The molecule has 0 amide bonds. The predicted octanol–water partition coefficient (Wildman–Crippen LogP) is 2.42. The van der Waals surface area contributed by atoms with Crippen LogP contribution in [0.2, 0.25) is 5.15 Å². The van der Waals surface area contributed by atoms with E-state index < -0.39 is 4.92 Å². The molecule has 0 radical (unpaired) electrons. The molecule has 78 valence electrons. The Balaban J connectivity index is 3.20. The van der Waals surface area contributed by atoms with Crippen LogP contribution in [0.15, 0.2) is 0 Å². The fourth-order valence-electron chi connectivity index (χ4n) is 1.27. The summed E-state index contributed by atoms with van der Waals surface area (Å²) in [5, 5.41) is 14.9. The summed E-state index contributed by atoms with van der Waals surface area (Å²) >= 11 is 5.82. The molecule has 0 aliphatic carbocycles. The molecule has 0 spiro atoms. The second kappa shape index (κ2) is 4.41. The summed E-state index contributed by atoms with van der Waals surface area (Å²) in [7, 11) is 0. The van der Waals surface area contributed by atoms with Gasteiger partial charge < -0.3 is 0 Å². The van der Waals surface area contributed by atoms with Crippen molar-refractivity contribution in [1.29, 1.82) is 0 Å². The Morgan fingerprint density at radius 2 is 2.21 bits per heavy atom. The summed E-state index contributed by atoms with van der Waals surface area (Å²) < 4.78 is 1.45. The van der Waals surface area contributed by atoms with Gasteiger partial charge in [0.2, 0.25) is 5.15 Å². The maximum atomic E-state index is 10.7. The van der Waals surface area contributed by atoms with Gasteiger partial charge in [-0.2, -0.15) is 5.10 Å². The zero-order valence-corrected chi connectivity index (χ0v) is 8.91. The molecule has 0 aliphatic heterocycles. The Labute approximate surface area is 86.8 Å². The molecule has 0 saturated heterocycles. The van der Waals surface area contributed by atoms with Gasteiger partial charge in [-0.3, -0.25) is 10.1 Å². The van der Waals surface area contributed by atoms with Crippen molar-refractivity contribution in [3.8, 4) is 0 Å². The fourth-order valence-corrected chi connectivity index (χ4v) is 1.61. The highest BCUT2D eigenvalue weighted by molar-refractivity contribution is 6.31. The van der Waals surface area contributed by atoms with Gasteiger partial charge in [-0.15, -0.1) is 0 Å². The molecule has 6 heteroatoms. The minimum absolute atomic E-state index is 0.0460. The van der Waals surface area contributed by atoms with E-state index in [0.29, 0.717) is 18.7 Å². The van der Waals surface area contributed by atoms with Crippen LogP contribution in [0.4, 0.5) is 5.69 Å². The molecule has 0 atom stereocenters. The standard InChI is InChI=1S/C8H12ClN3O2/c1-3-5-6-7(12(13)14)8(9)11(4-2)10-6/h3-5H2,1-2H3. The Kier molecular flexibility index (Phi) is 3.46. The van der Waals surface area contributed by atoms with Crippen molar-refractivity contribution in [1.82, 2.24) is 9.78 Å². The molecule has 14 heavy (non-hydrogen) atoms. The van der Waals surface area contributed by atoms with E-state index in [0.717, 1.165) is 6.42 Å². The fraction of sp³-hybridized carbons (Fsp3) is 0.625. The van der Waals surface area contributed by atoms with Crippen molar-refractivity contribution in [2.24, 2.45) is 0 Å². The summed E-state index contributed by atoms with van der Waals surface area (Å²) in [5.41, 5.74) is 0.430. The summed E-state index contributed by atoms with van der Waals surface area (Å²) in [5.74, 6) is 0. The number of nitrogens with zero attached hydrogens (tertiary/aromatic N) is 3. The lowest BCUT2D eigenvalue weighted by molar-refractivity contribution is -0.385. The van der Waals surface area contributed by atoms with Crippen LogP contribution in [-0.4, -0.2) is 14.7 Å². The number of aryl methyl sites for hydroxylation is 2. The van der Waals surface area contributed by atoms with Gasteiger partial charge in [0.15, 0.2) is 0 Å². The SMILES string of the molecule is CCCc1nn(CC)c(Cl)c1[N+](=O)[O-]. The summed E-state index contributed by atoms with van der Waals surface area (Å²) in [6.07, 6.45) is 1.40. The zero-order valence-electron chi connectivity index (χ0n) is 8.16. The molecule has 0 unspecified atom stereocenters. The molecule has 1 heterocycles. The first-order valence-corrected chi connectivity index (χ1v) is 4.89. The smallest absolute Gasteiger partial charge is 0.258 e. The van der Waals surface area contributed by atoms with Crippen LogP contribution in [0.1, 0.15) is 26.0 Å². The zero-order chi connectivity index (χ0) is 10.7. The Morgan fingerprint density at radius 1 is 1.57 bits per heavy atom. The van der Waals surface area contributed by atoms with Crippen molar-refractivity contribution in [2.75, 3.05) is 0 Å². The van der Waals surface area contributed by atoms with E-state index in [2.05, 4.69) is 5.10 Å². The number of hydrogen-bond acceptors (Lipinski definition) is 3. The van der Waals surface area contributed by atoms with Crippen LogP contribution in [0, 0.1) is 10.1 Å². The van der Waals surface area contributed by atoms with E-state index in [4.69, 9.17) is 11.6 Å². The van der Waals surface area contributed by atoms with Gasteiger partial charge in [0.1, 0.15) is 5.69 Å². The Hall–Kier alpha value is -1.10. The quantitative estimate of drug-likeness (QED) is 0.575. The van der Waals surface area contributed by atoms with Crippen LogP contribution in [0.25, 0.3) is 0 Å². The number of hydrogen-bond donors (Lipinski definition) is 0. The second-order valence-corrected chi connectivity index (χ2v) is 3.27. The molecule has 0 aromatic carbocycles. The van der Waals surface area contributed by atoms with Crippen LogP contribution < -0.4 is 0 Å². The van der Waals surface area contributed by atoms with Gasteiger partial charge in [0.25, 0.3) is 0 Å². The van der Waals surface area contributed by atoms with E-state index in [9.17, 15) is 10.1 Å². The number of halogens is 1. The van der Waals surface area contributed by atoms with Crippen molar-refractivity contribution < 1.29 is 4.92 Å². The molecular weight excluding hydrogens is 206 g/mol. The van der Waals surface area contributed by atoms with Crippen molar-refractivity contribution in [3.63, 3.8) is 0 Å². The lowest BCUT2D eigenvalue weighted by Gasteiger charge is -1.93. The third-order valence-electron chi connectivity index (χ3n) is 1.91. The lowest BCUT2D eigenvalue weighted by Crippen LogP contribution is -1.96. The van der Waals surface area contributed by atoms with E-state index in [-0.39, 0.29) is 10.8 Å². The van der Waals surface area contributed by atoms with E-state index >= 15 is 0 Å². The molecule has 5 nitrogen and oxygen atoms in total. The number of nitro groups is 1. The normalized spacial score (nSPS) is 10.5. The molecule has 0 bridgehead atoms. The van der Waals surface area contributed by atoms with E-state index in [1.54, 1.807) is 0 Å². The molecule has 1 aromatic heterocycles. The molecule has 0 aliphatic rings. The van der Waals surface area contributed by atoms with Crippen molar-refractivity contribution >= 4 is 17.3 Å². The first-order valence-electron chi connectivity index (χ1n) is 4.51. The largest absolute Gasteiger partial charge is 0.329 e. The Morgan fingerprint density at radius 3 is 2.64 bits per heavy atom. The summed E-state index contributed by atoms with van der Waals surface area (Å²) in [4.78, 5) is 10.2. The highest BCUT2D eigenvalue weighted by Gasteiger charge is 2.24. The van der Waals surface area contributed by atoms with Gasteiger partial charge in [-0.25, -0.2) is 4.68 Å². The number of aromatic nitrogens is 2. The molecule has 0 saturated carbocycles. The minimum atomic E-state index is -0.466. The molecular formula is C8H12ClN3O2. The monoisotopic (exact) mass is 217 g/mol. The van der Waals surface area contributed by atoms with Crippen LogP contribution in [-0.2, 0) is 13.0 Å². The second-order valence-electron chi connectivity index (χ2n) is 2.91. The van der Waals surface area contributed by atoms with E-state index in [1.165, 1.54) is 4.68 Å². The highest BCUT2D eigenvalue weighted by Crippen LogP contribution is 2.28. The molecule has 1 rings (SSSR count). The van der Waals surface area contributed by atoms with Gasteiger partial charge in [0, 0.05) is 6.54 Å². The predicted molar refractivity (Wildman–Crippen MR) is 53.6 cm³/mol. The van der Waals surface area contributed by atoms with Gasteiger partial charge in [0.05, 0.1) is 4.92 Å². The van der Waals surface area contributed by atoms with Crippen molar-refractivity contribution in [3.05, 3.63) is 21.0 Å². The van der Waals surface area contributed by atoms with Gasteiger partial charge in [-0.05, 0) is 13.3 Å². The highest BCUT2D eigenvalue weighted by atomic mass is 35.5. The van der Waals surface area contributed by atoms with Gasteiger partial charge >= 0.3 is 5.69 Å². The molecule has 0 N–H and O–H groups in total. The van der Waals surface area contributed by atoms with Crippen molar-refractivity contribution in [2.45, 2.75) is 33.2 Å². The molecule has 0 fully saturated rings. The molecule has 1 aromatic rings. The minimum Gasteiger partial charge on any atom is -0.258 e. The van der Waals surface area contributed by atoms with Crippen LogP contribution in [0.5, 0.6) is 0 Å². The average Bonchev–Trinajstić information content (AvgIpc) is 2.43. The number of rotatable bonds is 4. The first-order chi connectivity index (χ1) is 6.61. The lowest BCUT2D eigenvalue weighted by atomic mass is 10.2. The summed E-state index contributed by atoms with van der Waals surface area (Å²) in [6.45, 7) is 4.34.